The number of nitrogen functional groups attached to an aromatic ring is 2. The molecule has 6 heteroatoms. The van der Waals surface area contributed by atoms with Crippen LogP contribution in [0.2, 0.25) is 0 Å². The number of hydrogen-bond acceptors (Lipinski definition) is 5. The Balaban J connectivity index is 2.90. The summed E-state index contributed by atoms with van der Waals surface area (Å²) in [7, 11) is 1.33. The molecule has 6 nitrogen and oxygen atoms in total. The van der Waals surface area contributed by atoms with Crippen LogP contribution in [0, 0.1) is 5.92 Å². The molecule has 0 aliphatic carbocycles. The third kappa shape index (κ3) is 5.33. The van der Waals surface area contributed by atoms with E-state index in [-0.39, 0.29) is 24.2 Å². The van der Waals surface area contributed by atoms with Gasteiger partial charge in [-0.1, -0.05) is 13.8 Å². The monoisotopic (exact) mass is 293 g/mol. The van der Waals surface area contributed by atoms with E-state index in [1.807, 2.05) is 13.8 Å². The van der Waals surface area contributed by atoms with Crippen molar-refractivity contribution in [2.45, 2.75) is 20.3 Å². The number of benzene rings is 1. The van der Waals surface area contributed by atoms with Crippen LogP contribution in [0.25, 0.3) is 0 Å². The van der Waals surface area contributed by atoms with E-state index in [4.69, 9.17) is 11.5 Å². The number of carbonyl (C=O) groups is 2. The summed E-state index contributed by atoms with van der Waals surface area (Å²) < 4.78 is 4.61. The van der Waals surface area contributed by atoms with Crippen LogP contribution in [0.4, 0.5) is 11.4 Å². The van der Waals surface area contributed by atoms with E-state index in [0.717, 1.165) is 0 Å². The molecule has 0 atom stereocenters. The maximum Gasteiger partial charge on any atom is 0.307 e. The van der Waals surface area contributed by atoms with E-state index >= 15 is 0 Å². The van der Waals surface area contributed by atoms with E-state index in [1.165, 1.54) is 7.11 Å². The van der Waals surface area contributed by atoms with Crippen molar-refractivity contribution in [2.24, 2.45) is 5.92 Å². The summed E-state index contributed by atoms with van der Waals surface area (Å²) in [5.74, 6) is -0.250. The number of nitrogens with two attached hydrogens (primary N) is 2. The van der Waals surface area contributed by atoms with Gasteiger partial charge in [-0.05, 0) is 24.1 Å². The maximum atomic E-state index is 12.5. The molecule has 0 heterocycles. The minimum absolute atomic E-state index is 0.159. The molecule has 1 amide bonds. The summed E-state index contributed by atoms with van der Waals surface area (Å²) in [5, 5.41) is 0. The number of rotatable bonds is 6. The minimum atomic E-state index is -0.344. The number of methoxy groups -OCH3 is 1. The van der Waals surface area contributed by atoms with Crippen molar-refractivity contribution >= 4 is 23.3 Å². The van der Waals surface area contributed by atoms with E-state index < -0.39 is 0 Å². The van der Waals surface area contributed by atoms with Crippen LogP contribution in [-0.4, -0.2) is 37.0 Å². The molecule has 0 spiro atoms. The lowest BCUT2D eigenvalue weighted by atomic mass is 10.1. The molecule has 0 aliphatic rings. The van der Waals surface area contributed by atoms with E-state index in [9.17, 15) is 9.59 Å². The van der Waals surface area contributed by atoms with Gasteiger partial charge in [0.05, 0.1) is 13.5 Å². The fourth-order valence-electron chi connectivity index (χ4n) is 2.03. The molecule has 0 bridgehead atoms. The average Bonchev–Trinajstić information content (AvgIpc) is 2.40. The Bertz CT molecular complexity index is 495. The average molecular weight is 293 g/mol. The van der Waals surface area contributed by atoms with Crippen molar-refractivity contribution in [1.29, 1.82) is 0 Å². The van der Waals surface area contributed by atoms with Crippen LogP contribution in [-0.2, 0) is 9.53 Å². The van der Waals surface area contributed by atoms with Crippen LogP contribution in [0.15, 0.2) is 18.2 Å². The first-order chi connectivity index (χ1) is 9.83. The lowest BCUT2D eigenvalue weighted by molar-refractivity contribution is -0.140. The number of hydrogen-bond donors (Lipinski definition) is 2. The Morgan fingerprint density at radius 3 is 2.24 bits per heavy atom. The van der Waals surface area contributed by atoms with Crippen LogP contribution in [0.3, 0.4) is 0 Å². The number of nitrogens with zero attached hydrogens (tertiary/aromatic N) is 1. The van der Waals surface area contributed by atoms with Crippen LogP contribution in [0.5, 0.6) is 0 Å². The minimum Gasteiger partial charge on any atom is -0.469 e. The predicted molar refractivity (Wildman–Crippen MR) is 82.6 cm³/mol. The highest BCUT2D eigenvalue weighted by Gasteiger charge is 2.19. The first-order valence-corrected chi connectivity index (χ1v) is 6.85. The van der Waals surface area contributed by atoms with Gasteiger partial charge in [0.1, 0.15) is 0 Å². The highest BCUT2D eigenvalue weighted by Crippen LogP contribution is 2.16. The molecule has 4 N–H and O–H groups in total. The molecule has 0 saturated carbocycles. The molecule has 0 radical (unpaired) electrons. The molecule has 0 aliphatic heterocycles. The van der Waals surface area contributed by atoms with Crippen molar-refractivity contribution < 1.29 is 14.3 Å². The zero-order valence-electron chi connectivity index (χ0n) is 12.8. The SMILES string of the molecule is COC(=O)CCN(CC(C)C)C(=O)c1cc(N)cc(N)c1. The van der Waals surface area contributed by atoms with Gasteiger partial charge in [0.25, 0.3) is 5.91 Å². The summed E-state index contributed by atoms with van der Waals surface area (Å²) in [6.45, 7) is 4.86. The lowest BCUT2D eigenvalue weighted by Crippen LogP contribution is -2.36. The maximum absolute atomic E-state index is 12.5. The fraction of sp³-hybridized carbons (Fsp3) is 0.467. The Morgan fingerprint density at radius 2 is 1.76 bits per heavy atom. The molecular weight excluding hydrogens is 270 g/mol. The molecule has 116 valence electrons. The van der Waals surface area contributed by atoms with Crippen LogP contribution >= 0.6 is 0 Å². The highest BCUT2D eigenvalue weighted by molar-refractivity contribution is 5.96. The number of anilines is 2. The molecule has 0 aromatic heterocycles. The van der Waals surface area contributed by atoms with Gasteiger partial charge in [0.2, 0.25) is 0 Å². The van der Waals surface area contributed by atoms with Crippen molar-refractivity contribution in [1.82, 2.24) is 4.90 Å². The van der Waals surface area contributed by atoms with Gasteiger partial charge in [-0.15, -0.1) is 0 Å². The van der Waals surface area contributed by atoms with Gasteiger partial charge < -0.3 is 21.1 Å². The third-order valence-corrected chi connectivity index (χ3v) is 2.91. The summed E-state index contributed by atoms with van der Waals surface area (Å²) in [5.41, 5.74) is 12.7. The summed E-state index contributed by atoms with van der Waals surface area (Å²) in [6.07, 6.45) is 0.159. The zero-order chi connectivity index (χ0) is 16.0. The van der Waals surface area contributed by atoms with Gasteiger partial charge in [0.15, 0.2) is 0 Å². The number of esters is 1. The van der Waals surface area contributed by atoms with E-state index in [0.29, 0.717) is 30.0 Å². The first-order valence-electron chi connectivity index (χ1n) is 6.85. The number of carbonyl (C=O) groups excluding carboxylic acids is 2. The zero-order valence-corrected chi connectivity index (χ0v) is 12.8. The van der Waals surface area contributed by atoms with Crippen LogP contribution < -0.4 is 11.5 Å². The normalized spacial score (nSPS) is 10.5. The summed E-state index contributed by atoms with van der Waals surface area (Å²) in [6, 6.07) is 4.77. The molecule has 1 aromatic carbocycles. The highest BCUT2D eigenvalue weighted by atomic mass is 16.5. The van der Waals surface area contributed by atoms with E-state index in [1.54, 1.807) is 23.1 Å². The molecule has 0 saturated heterocycles. The van der Waals surface area contributed by atoms with Crippen LogP contribution in [0.1, 0.15) is 30.6 Å². The van der Waals surface area contributed by atoms with Crippen molar-refractivity contribution in [3.8, 4) is 0 Å². The molecular formula is C15H23N3O3. The Labute approximate surface area is 125 Å². The van der Waals surface area contributed by atoms with Gasteiger partial charge in [-0.2, -0.15) is 0 Å². The van der Waals surface area contributed by atoms with Gasteiger partial charge in [-0.3, -0.25) is 9.59 Å². The van der Waals surface area contributed by atoms with Crippen molar-refractivity contribution in [3.05, 3.63) is 23.8 Å². The third-order valence-electron chi connectivity index (χ3n) is 2.91. The largest absolute Gasteiger partial charge is 0.469 e. The standard InChI is InChI=1S/C15H23N3O3/c1-10(2)9-18(5-4-14(19)21-3)15(20)11-6-12(16)8-13(17)7-11/h6-8,10H,4-5,9,16-17H2,1-3H3. The number of ether oxygens (including phenoxy) is 1. The van der Waals surface area contributed by atoms with E-state index in [2.05, 4.69) is 4.74 Å². The smallest absolute Gasteiger partial charge is 0.307 e. The second kappa shape index (κ2) is 7.52. The molecule has 21 heavy (non-hydrogen) atoms. The predicted octanol–water partition coefficient (Wildman–Crippen LogP) is 1.51. The second-order valence-electron chi connectivity index (χ2n) is 5.36. The van der Waals surface area contributed by atoms with Gasteiger partial charge >= 0.3 is 5.97 Å². The molecule has 1 rings (SSSR count). The molecule has 0 fully saturated rings. The Hall–Kier alpha value is -2.24. The Kier molecular flexibility index (Phi) is 6.02. The first kappa shape index (κ1) is 16.8. The molecule has 0 unspecified atom stereocenters. The quantitative estimate of drug-likeness (QED) is 0.612. The lowest BCUT2D eigenvalue weighted by Gasteiger charge is -2.24. The molecule has 1 aromatic rings. The second-order valence-corrected chi connectivity index (χ2v) is 5.36. The number of amides is 1. The van der Waals surface area contributed by atoms with Gasteiger partial charge in [0, 0.05) is 30.0 Å². The fourth-order valence-corrected chi connectivity index (χ4v) is 2.03. The van der Waals surface area contributed by atoms with Gasteiger partial charge in [-0.25, -0.2) is 0 Å². The van der Waals surface area contributed by atoms with Crippen molar-refractivity contribution in [2.75, 3.05) is 31.7 Å². The Morgan fingerprint density at radius 1 is 1.19 bits per heavy atom. The summed E-state index contributed by atoms with van der Waals surface area (Å²) >= 11 is 0. The topological polar surface area (TPSA) is 98.6 Å². The summed E-state index contributed by atoms with van der Waals surface area (Å²) in [4.78, 5) is 25.4. The van der Waals surface area contributed by atoms with Crippen molar-refractivity contribution in [3.63, 3.8) is 0 Å².